The molecule has 3 heteroatoms. The molecule has 0 bridgehead atoms. The number of pyridine rings is 1. The van der Waals surface area contributed by atoms with Crippen molar-refractivity contribution in [2.45, 2.75) is 13.5 Å². The molecule has 0 radical (unpaired) electrons. The average Bonchev–Trinajstić information content (AvgIpc) is 2.91. The molecular weight excluding hydrogens is 308 g/mol. The van der Waals surface area contributed by atoms with Crippen molar-refractivity contribution in [1.29, 1.82) is 0 Å². The van der Waals surface area contributed by atoms with Crippen LogP contribution in [0.2, 0.25) is 0 Å². The molecule has 4 rings (SSSR count). The van der Waals surface area contributed by atoms with Gasteiger partial charge in [-0.3, -0.25) is 9.78 Å². The zero-order chi connectivity index (χ0) is 17.2. The number of aryl methyl sites for hydroxylation is 1. The fourth-order valence-electron chi connectivity index (χ4n) is 3.08. The SMILES string of the molecule is Cc1ccc(/C=C2\c3ccccc3C(=O)N2Cc2ccccn2)cc1. The van der Waals surface area contributed by atoms with Crippen LogP contribution in [-0.2, 0) is 6.54 Å². The lowest BCUT2D eigenvalue weighted by molar-refractivity contribution is 0.0842. The van der Waals surface area contributed by atoms with Crippen LogP contribution in [0, 0.1) is 6.92 Å². The van der Waals surface area contributed by atoms with E-state index >= 15 is 0 Å². The van der Waals surface area contributed by atoms with Gasteiger partial charge in [-0.25, -0.2) is 0 Å². The Balaban J connectivity index is 1.78. The highest BCUT2D eigenvalue weighted by Gasteiger charge is 2.32. The lowest BCUT2D eigenvalue weighted by Crippen LogP contribution is -2.23. The average molecular weight is 326 g/mol. The summed E-state index contributed by atoms with van der Waals surface area (Å²) in [6.45, 7) is 2.53. The standard InChI is InChI=1S/C22H18N2O/c1-16-9-11-17(12-10-16)14-21-19-7-2-3-8-20(19)22(25)24(21)15-18-6-4-5-13-23-18/h2-14H,15H2,1H3/b21-14+. The summed E-state index contributed by atoms with van der Waals surface area (Å²) in [6.07, 6.45) is 3.83. The molecule has 0 saturated heterocycles. The largest absolute Gasteiger partial charge is 0.302 e. The molecule has 1 aliphatic rings. The smallest absolute Gasteiger partial charge is 0.259 e. The Morgan fingerprint density at radius 1 is 0.920 bits per heavy atom. The molecule has 2 aromatic carbocycles. The number of nitrogens with zero attached hydrogens (tertiary/aromatic N) is 2. The van der Waals surface area contributed by atoms with Crippen LogP contribution in [0.25, 0.3) is 11.8 Å². The van der Waals surface area contributed by atoms with Gasteiger partial charge in [-0.2, -0.15) is 0 Å². The minimum absolute atomic E-state index is 0.0274. The molecule has 1 aliphatic heterocycles. The van der Waals surface area contributed by atoms with E-state index in [4.69, 9.17) is 0 Å². The van der Waals surface area contributed by atoms with Gasteiger partial charge in [0.25, 0.3) is 5.91 Å². The third kappa shape index (κ3) is 2.96. The Morgan fingerprint density at radius 2 is 1.64 bits per heavy atom. The highest BCUT2D eigenvalue weighted by molar-refractivity contribution is 6.11. The van der Waals surface area contributed by atoms with E-state index in [0.717, 1.165) is 28.1 Å². The van der Waals surface area contributed by atoms with Crippen molar-refractivity contribution in [1.82, 2.24) is 9.88 Å². The topological polar surface area (TPSA) is 33.2 Å². The third-order valence-electron chi connectivity index (χ3n) is 4.40. The third-order valence-corrected chi connectivity index (χ3v) is 4.40. The van der Waals surface area contributed by atoms with Crippen LogP contribution >= 0.6 is 0 Å². The van der Waals surface area contributed by atoms with Gasteiger partial charge in [0.2, 0.25) is 0 Å². The number of hydrogen-bond donors (Lipinski definition) is 0. The maximum atomic E-state index is 12.9. The first-order valence-corrected chi connectivity index (χ1v) is 8.32. The van der Waals surface area contributed by atoms with E-state index in [1.54, 1.807) is 6.20 Å². The van der Waals surface area contributed by atoms with Crippen molar-refractivity contribution in [3.05, 3.63) is 101 Å². The van der Waals surface area contributed by atoms with Gasteiger partial charge in [-0.05, 0) is 36.8 Å². The van der Waals surface area contributed by atoms with E-state index in [0.29, 0.717) is 6.54 Å². The van der Waals surface area contributed by atoms with E-state index in [9.17, 15) is 4.79 Å². The maximum Gasteiger partial charge on any atom is 0.259 e. The second kappa shape index (κ2) is 6.36. The quantitative estimate of drug-likeness (QED) is 0.708. The Labute approximate surface area is 147 Å². The van der Waals surface area contributed by atoms with Gasteiger partial charge >= 0.3 is 0 Å². The zero-order valence-electron chi connectivity index (χ0n) is 14.0. The van der Waals surface area contributed by atoms with Crippen LogP contribution in [0.4, 0.5) is 0 Å². The van der Waals surface area contributed by atoms with E-state index in [2.05, 4.69) is 42.2 Å². The van der Waals surface area contributed by atoms with Gasteiger partial charge in [-0.15, -0.1) is 0 Å². The van der Waals surface area contributed by atoms with E-state index < -0.39 is 0 Å². The Hall–Kier alpha value is -3.20. The second-order valence-electron chi connectivity index (χ2n) is 6.20. The predicted octanol–water partition coefficient (Wildman–Crippen LogP) is 4.54. The molecule has 122 valence electrons. The summed E-state index contributed by atoms with van der Waals surface area (Å²) in [5, 5.41) is 0. The van der Waals surface area contributed by atoms with Crippen LogP contribution in [0.3, 0.4) is 0 Å². The van der Waals surface area contributed by atoms with Crippen molar-refractivity contribution in [2.24, 2.45) is 0 Å². The highest BCUT2D eigenvalue weighted by Crippen LogP contribution is 2.35. The molecule has 1 aromatic heterocycles. The number of aromatic nitrogens is 1. The Bertz CT molecular complexity index is 943. The summed E-state index contributed by atoms with van der Waals surface area (Å²) in [5.41, 5.74) is 5.82. The minimum Gasteiger partial charge on any atom is -0.302 e. The fraction of sp³-hybridized carbons (Fsp3) is 0.0909. The molecule has 0 N–H and O–H groups in total. The van der Waals surface area contributed by atoms with Crippen molar-refractivity contribution in [3.8, 4) is 0 Å². The molecular formula is C22H18N2O. The van der Waals surface area contributed by atoms with Crippen molar-refractivity contribution < 1.29 is 4.79 Å². The van der Waals surface area contributed by atoms with Gasteiger partial charge in [-0.1, -0.05) is 54.1 Å². The molecule has 2 heterocycles. The van der Waals surface area contributed by atoms with Crippen molar-refractivity contribution in [2.75, 3.05) is 0 Å². The lowest BCUT2D eigenvalue weighted by atomic mass is 10.1. The first-order chi connectivity index (χ1) is 12.2. The number of carbonyl (C=O) groups excluding carboxylic acids is 1. The Kier molecular flexibility index (Phi) is 3.90. The summed E-state index contributed by atoms with van der Waals surface area (Å²) in [4.78, 5) is 19.1. The molecule has 25 heavy (non-hydrogen) atoms. The van der Waals surface area contributed by atoms with Gasteiger partial charge in [0.1, 0.15) is 0 Å². The number of benzene rings is 2. The molecule has 0 atom stereocenters. The molecule has 0 saturated carbocycles. The lowest BCUT2D eigenvalue weighted by Gasteiger charge is -2.18. The number of fused-ring (bicyclic) bond motifs is 1. The van der Waals surface area contributed by atoms with Crippen LogP contribution < -0.4 is 0 Å². The molecule has 0 unspecified atom stereocenters. The molecule has 1 amide bonds. The first-order valence-electron chi connectivity index (χ1n) is 8.32. The molecule has 0 aliphatic carbocycles. The van der Waals surface area contributed by atoms with Gasteiger partial charge in [0.15, 0.2) is 0 Å². The summed E-state index contributed by atoms with van der Waals surface area (Å²) in [7, 11) is 0. The normalized spacial score (nSPS) is 14.8. The maximum absolute atomic E-state index is 12.9. The van der Waals surface area contributed by atoms with Gasteiger partial charge in [0, 0.05) is 17.3 Å². The predicted molar refractivity (Wildman–Crippen MR) is 99.6 cm³/mol. The second-order valence-corrected chi connectivity index (χ2v) is 6.20. The summed E-state index contributed by atoms with van der Waals surface area (Å²) in [6, 6.07) is 21.9. The molecule has 0 fully saturated rings. The van der Waals surface area contributed by atoms with E-state index in [1.807, 2.05) is 47.4 Å². The van der Waals surface area contributed by atoms with Crippen molar-refractivity contribution >= 4 is 17.7 Å². The number of hydrogen-bond acceptors (Lipinski definition) is 2. The number of amides is 1. The van der Waals surface area contributed by atoms with Crippen LogP contribution in [0.15, 0.2) is 72.9 Å². The van der Waals surface area contributed by atoms with Gasteiger partial charge < -0.3 is 4.90 Å². The number of rotatable bonds is 3. The summed E-state index contributed by atoms with van der Waals surface area (Å²) < 4.78 is 0. The van der Waals surface area contributed by atoms with E-state index in [-0.39, 0.29) is 5.91 Å². The summed E-state index contributed by atoms with van der Waals surface area (Å²) >= 11 is 0. The Morgan fingerprint density at radius 3 is 2.36 bits per heavy atom. The first kappa shape index (κ1) is 15.3. The van der Waals surface area contributed by atoms with Crippen LogP contribution in [0.1, 0.15) is 32.7 Å². The number of carbonyl (C=O) groups is 1. The molecule has 3 nitrogen and oxygen atoms in total. The van der Waals surface area contributed by atoms with E-state index in [1.165, 1.54) is 5.56 Å². The minimum atomic E-state index is 0.0274. The molecule has 3 aromatic rings. The molecule has 0 spiro atoms. The van der Waals surface area contributed by atoms with Crippen LogP contribution in [0.5, 0.6) is 0 Å². The zero-order valence-corrected chi connectivity index (χ0v) is 14.0. The monoisotopic (exact) mass is 326 g/mol. The highest BCUT2D eigenvalue weighted by atomic mass is 16.2. The fourth-order valence-corrected chi connectivity index (χ4v) is 3.08. The van der Waals surface area contributed by atoms with Gasteiger partial charge in [0.05, 0.1) is 17.9 Å². The van der Waals surface area contributed by atoms with Crippen LogP contribution in [-0.4, -0.2) is 15.8 Å². The van der Waals surface area contributed by atoms with Crippen molar-refractivity contribution in [3.63, 3.8) is 0 Å². The summed E-state index contributed by atoms with van der Waals surface area (Å²) in [5.74, 6) is 0.0274.